The number of nitrogens with zero attached hydrogens (tertiary/aromatic N) is 1. The minimum absolute atomic E-state index is 0.0510. The summed E-state index contributed by atoms with van der Waals surface area (Å²) in [5, 5.41) is 2.64. The molecule has 0 heterocycles. The molecule has 2 aromatic rings. The van der Waals surface area contributed by atoms with Crippen molar-refractivity contribution in [3.63, 3.8) is 0 Å². The van der Waals surface area contributed by atoms with Crippen molar-refractivity contribution in [3.05, 3.63) is 70.3 Å². The first kappa shape index (κ1) is 19.7. The third-order valence-corrected chi connectivity index (χ3v) is 4.81. The zero-order valence-electron chi connectivity index (χ0n) is 16.3. The molecule has 2 rings (SSSR count). The van der Waals surface area contributed by atoms with E-state index in [0.717, 1.165) is 11.1 Å². The molecule has 4 heteroatoms. The maximum absolute atomic E-state index is 13.0. The summed E-state index contributed by atoms with van der Waals surface area (Å²) < 4.78 is 0. The van der Waals surface area contributed by atoms with Gasteiger partial charge in [0, 0.05) is 13.6 Å². The van der Waals surface area contributed by atoms with Crippen molar-refractivity contribution in [3.8, 4) is 0 Å². The predicted octanol–water partition coefficient (Wildman–Crippen LogP) is 3.32. The van der Waals surface area contributed by atoms with E-state index in [9.17, 15) is 9.59 Å². The lowest BCUT2D eigenvalue weighted by Gasteiger charge is -2.28. The number of carbonyl (C=O) groups excluding carboxylic acids is 2. The van der Waals surface area contributed by atoms with Crippen LogP contribution in [0.5, 0.6) is 0 Å². The number of carbonyl (C=O) groups is 2. The first-order valence-electron chi connectivity index (χ1n) is 8.94. The molecule has 0 bridgehead atoms. The van der Waals surface area contributed by atoms with Gasteiger partial charge >= 0.3 is 0 Å². The van der Waals surface area contributed by atoms with Gasteiger partial charge in [-0.15, -0.1) is 0 Å². The Hall–Kier alpha value is -2.62. The van der Waals surface area contributed by atoms with Gasteiger partial charge in [-0.05, 0) is 49.9 Å². The number of hydrogen-bond acceptors (Lipinski definition) is 2. The molecule has 0 aliphatic rings. The number of benzene rings is 2. The summed E-state index contributed by atoms with van der Waals surface area (Å²) in [5.74, 6) is -0.213. The number of nitrogens with one attached hydrogen (secondary N) is 1. The molecule has 0 saturated carbocycles. The lowest BCUT2D eigenvalue weighted by Crippen LogP contribution is -2.47. The van der Waals surface area contributed by atoms with Crippen molar-refractivity contribution in [1.29, 1.82) is 0 Å². The fourth-order valence-electron chi connectivity index (χ4n) is 2.87. The molecule has 0 aromatic heterocycles. The van der Waals surface area contributed by atoms with Crippen molar-refractivity contribution < 1.29 is 9.59 Å². The maximum Gasteiger partial charge on any atom is 0.242 e. The number of likely N-dealkylation sites (N-methyl/N-ethyl adjacent to an activating group) is 1. The van der Waals surface area contributed by atoms with E-state index in [0.29, 0.717) is 6.54 Å². The van der Waals surface area contributed by atoms with Crippen molar-refractivity contribution >= 4 is 11.8 Å². The van der Waals surface area contributed by atoms with E-state index in [2.05, 4.69) is 12.2 Å². The van der Waals surface area contributed by atoms with E-state index >= 15 is 0 Å². The standard InChI is InChI=1S/C22H28N2O2/c1-15-6-9-19(10-7-15)14-24(18(4)22(26)23-5)21(25)13-20-11-8-16(2)17(3)12-20/h6-12,18H,13-14H2,1-5H3,(H,23,26)/t18-/m0/s1. The fourth-order valence-corrected chi connectivity index (χ4v) is 2.87. The van der Waals surface area contributed by atoms with Crippen LogP contribution in [0.15, 0.2) is 42.5 Å². The van der Waals surface area contributed by atoms with Gasteiger partial charge in [0.15, 0.2) is 0 Å². The van der Waals surface area contributed by atoms with Crippen LogP contribution in [-0.2, 0) is 22.6 Å². The number of hydrogen-bond donors (Lipinski definition) is 1. The number of amides is 2. The van der Waals surface area contributed by atoms with E-state index in [4.69, 9.17) is 0 Å². The summed E-state index contributed by atoms with van der Waals surface area (Å²) in [6.07, 6.45) is 0.286. The Morgan fingerprint density at radius 2 is 1.58 bits per heavy atom. The largest absolute Gasteiger partial charge is 0.357 e. The SMILES string of the molecule is CNC(=O)[C@H](C)N(Cc1ccc(C)cc1)C(=O)Cc1ccc(C)c(C)c1. The zero-order chi connectivity index (χ0) is 19.3. The van der Waals surface area contributed by atoms with Gasteiger partial charge in [-0.1, -0.05) is 48.0 Å². The topological polar surface area (TPSA) is 49.4 Å². The minimum Gasteiger partial charge on any atom is -0.357 e. The second-order valence-corrected chi connectivity index (χ2v) is 6.89. The van der Waals surface area contributed by atoms with Gasteiger partial charge in [0.1, 0.15) is 6.04 Å². The lowest BCUT2D eigenvalue weighted by atomic mass is 10.0. The van der Waals surface area contributed by atoms with Gasteiger partial charge in [0.05, 0.1) is 6.42 Å². The van der Waals surface area contributed by atoms with Crippen molar-refractivity contribution in [2.75, 3.05) is 7.05 Å². The first-order valence-corrected chi connectivity index (χ1v) is 8.94. The van der Waals surface area contributed by atoms with Gasteiger partial charge in [-0.3, -0.25) is 9.59 Å². The van der Waals surface area contributed by atoms with Crippen LogP contribution in [0.2, 0.25) is 0 Å². The molecule has 1 N–H and O–H groups in total. The summed E-state index contributed by atoms with van der Waals surface area (Å²) in [6, 6.07) is 13.6. The van der Waals surface area contributed by atoms with E-state index in [1.165, 1.54) is 16.7 Å². The smallest absolute Gasteiger partial charge is 0.242 e. The van der Waals surface area contributed by atoms with Crippen molar-refractivity contribution in [1.82, 2.24) is 10.2 Å². The van der Waals surface area contributed by atoms with E-state index < -0.39 is 6.04 Å². The second kappa shape index (κ2) is 8.65. The minimum atomic E-state index is -0.527. The van der Waals surface area contributed by atoms with Crippen LogP contribution in [-0.4, -0.2) is 29.8 Å². The van der Waals surface area contributed by atoms with Gasteiger partial charge in [-0.2, -0.15) is 0 Å². The molecule has 2 amide bonds. The van der Waals surface area contributed by atoms with Gasteiger partial charge < -0.3 is 10.2 Å². The molecule has 0 unspecified atom stereocenters. The molecule has 4 nitrogen and oxygen atoms in total. The molecular weight excluding hydrogens is 324 g/mol. The van der Waals surface area contributed by atoms with E-state index in [1.54, 1.807) is 18.9 Å². The van der Waals surface area contributed by atoms with Crippen LogP contribution in [0, 0.1) is 20.8 Å². The third kappa shape index (κ3) is 4.94. The zero-order valence-corrected chi connectivity index (χ0v) is 16.3. The normalized spacial score (nSPS) is 11.7. The molecule has 0 saturated heterocycles. The van der Waals surface area contributed by atoms with Crippen molar-refractivity contribution in [2.24, 2.45) is 0 Å². The summed E-state index contributed by atoms with van der Waals surface area (Å²) >= 11 is 0. The molecule has 2 aromatic carbocycles. The molecular formula is C22H28N2O2. The summed E-state index contributed by atoms with van der Waals surface area (Å²) in [6.45, 7) is 8.31. The molecule has 0 fully saturated rings. The third-order valence-electron chi connectivity index (χ3n) is 4.81. The fraction of sp³-hybridized carbons (Fsp3) is 0.364. The predicted molar refractivity (Wildman–Crippen MR) is 105 cm³/mol. The Morgan fingerprint density at radius 3 is 2.15 bits per heavy atom. The van der Waals surface area contributed by atoms with Crippen LogP contribution < -0.4 is 5.32 Å². The Kier molecular flexibility index (Phi) is 6.56. The molecule has 0 aliphatic carbocycles. The molecule has 0 spiro atoms. The van der Waals surface area contributed by atoms with E-state index in [-0.39, 0.29) is 18.2 Å². The highest BCUT2D eigenvalue weighted by Gasteiger charge is 2.25. The van der Waals surface area contributed by atoms with Gasteiger partial charge in [0.2, 0.25) is 11.8 Å². The molecule has 138 valence electrons. The van der Waals surface area contributed by atoms with Crippen molar-refractivity contribution in [2.45, 2.75) is 46.7 Å². The summed E-state index contributed by atoms with van der Waals surface area (Å²) in [5.41, 5.74) is 5.52. The summed E-state index contributed by atoms with van der Waals surface area (Å²) in [4.78, 5) is 26.8. The average Bonchev–Trinajstić information content (AvgIpc) is 2.63. The van der Waals surface area contributed by atoms with Crippen LogP contribution in [0.25, 0.3) is 0 Å². The quantitative estimate of drug-likeness (QED) is 0.867. The average molecular weight is 352 g/mol. The van der Waals surface area contributed by atoms with Gasteiger partial charge in [-0.25, -0.2) is 0 Å². The maximum atomic E-state index is 13.0. The Bertz CT molecular complexity index is 781. The molecule has 26 heavy (non-hydrogen) atoms. The van der Waals surface area contributed by atoms with Crippen LogP contribution in [0.4, 0.5) is 0 Å². The van der Waals surface area contributed by atoms with Gasteiger partial charge in [0.25, 0.3) is 0 Å². The van der Waals surface area contributed by atoms with Crippen LogP contribution in [0.3, 0.4) is 0 Å². The first-order chi connectivity index (χ1) is 12.3. The lowest BCUT2D eigenvalue weighted by molar-refractivity contribution is -0.139. The molecule has 1 atom stereocenters. The Balaban J connectivity index is 2.23. The number of rotatable bonds is 6. The summed E-state index contributed by atoms with van der Waals surface area (Å²) in [7, 11) is 1.59. The molecule has 0 radical (unpaired) electrons. The highest BCUT2D eigenvalue weighted by atomic mass is 16.2. The molecule has 0 aliphatic heterocycles. The Morgan fingerprint density at radius 1 is 0.962 bits per heavy atom. The number of aryl methyl sites for hydroxylation is 3. The van der Waals surface area contributed by atoms with Crippen LogP contribution in [0.1, 0.15) is 34.7 Å². The van der Waals surface area contributed by atoms with E-state index in [1.807, 2.05) is 56.3 Å². The second-order valence-electron chi connectivity index (χ2n) is 6.89. The monoisotopic (exact) mass is 352 g/mol. The highest BCUT2D eigenvalue weighted by molar-refractivity contribution is 5.88. The Labute approximate surface area is 156 Å². The highest BCUT2D eigenvalue weighted by Crippen LogP contribution is 2.15. The van der Waals surface area contributed by atoms with Crippen LogP contribution >= 0.6 is 0 Å².